The minimum atomic E-state index is 0.742. The third kappa shape index (κ3) is 3.35. The summed E-state index contributed by atoms with van der Waals surface area (Å²) in [5.74, 6) is 0. The largest absolute Gasteiger partial charge is 0.345 e. The molecule has 0 atom stereocenters. The molecule has 0 bridgehead atoms. The standard InChI is InChI=1S/C15H20N4S/c1-11-14(9-17-12-6-7-12)20-15(18-11)19(2)10-13-5-3-4-8-16-13/h3-5,8,12,17H,6-7,9-10H2,1-2H3. The van der Waals surface area contributed by atoms with Gasteiger partial charge in [0.05, 0.1) is 17.9 Å². The summed E-state index contributed by atoms with van der Waals surface area (Å²) in [6.07, 6.45) is 4.48. The molecule has 0 amide bonds. The number of thiazole rings is 1. The van der Waals surface area contributed by atoms with Gasteiger partial charge in [-0.15, -0.1) is 11.3 Å². The smallest absolute Gasteiger partial charge is 0.185 e. The molecule has 1 fully saturated rings. The second kappa shape index (κ2) is 5.89. The van der Waals surface area contributed by atoms with E-state index >= 15 is 0 Å². The van der Waals surface area contributed by atoms with Crippen molar-refractivity contribution < 1.29 is 0 Å². The Hall–Kier alpha value is -1.46. The summed E-state index contributed by atoms with van der Waals surface area (Å²) in [4.78, 5) is 12.6. The molecule has 1 saturated carbocycles. The zero-order chi connectivity index (χ0) is 13.9. The van der Waals surface area contributed by atoms with Crippen LogP contribution in [0.5, 0.6) is 0 Å². The van der Waals surface area contributed by atoms with Gasteiger partial charge in [0.25, 0.3) is 0 Å². The highest BCUT2D eigenvalue weighted by Crippen LogP contribution is 2.27. The van der Waals surface area contributed by atoms with E-state index in [9.17, 15) is 0 Å². The molecular formula is C15H20N4S. The quantitative estimate of drug-likeness (QED) is 0.887. The Morgan fingerprint density at radius 2 is 2.25 bits per heavy atom. The Morgan fingerprint density at radius 3 is 2.95 bits per heavy atom. The number of hydrogen-bond acceptors (Lipinski definition) is 5. The van der Waals surface area contributed by atoms with Crippen molar-refractivity contribution in [1.82, 2.24) is 15.3 Å². The van der Waals surface area contributed by atoms with Crippen molar-refractivity contribution in [1.29, 1.82) is 0 Å². The number of nitrogens with zero attached hydrogens (tertiary/aromatic N) is 3. The second-order valence-electron chi connectivity index (χ2n) is 5.34. The van der Waals surface area contributed by atoms with E-state index in [4.69, 9.17) is 0 Å². The van der Waals surface area contributed by atoms with Crippen molar-refractivity contribution in [3.63, 3.8) is 0 Å². The van der Waals surface area contributed by atoms with Crippen LogP contribution in [0.4, 0.5) is 5.13 Å². The Kier molecular flexibility index (Phi) is 3.98. The van der Waals surface area contributed by atoms with Gasteiger partial charge in [-0.2, -0.15) is 0 Å². The van der Waals surface area contributed by atoms with Gasteiger partial charge < -0.3 is 10.2 Å². The van der Waals surface area contributed by atoms with E-state index in [0.717, 1.165) is 35.7 Å². The van der Waals surface area contributed by atoms with Crippen LogP contribution in [0.15, 0.2) is 24.4 Å². The molecule has 0 aliphatic heterocycles. The maximum atomic E-state index is 4.68. The van der Waals surface area contributed by atoms with Gasteiger partial charge in [0.1, 0.15) is 0 Å². The molecule has 3 rings (SSSR count). The zero-order valence-corrected chi connectivity index (χ0v) is 12.8. The minimum absolute atomic E-state index is 0.742. The molecule has 20 heavy (non-hydrogen) atoms. The molecule has 0 saturated heterocycles. The number of hydrogen-bond donors (Lipinski definition) is 1. The topological polar surface area (TPSA) is 41.1 Å². The van der Waals surface area contributed by atoms with Gasteiger partial charge in [-0.1, -0.05) is 6.07 Å². The fourth-order valence-corrected chi connectivity index (χ4v) is 3.04. The molecular weight excluding hydrogens is 268 g/mol. The molecule has 1 N–H and O–H groups in total. The van der Waals surface area contributed by atoms with Gasteiger partial charge >= 0.3 is 0 Å². The number of anilines is 1. The van der Waals surface area contributed by atoms with Crippen LogP contribution < -0.4 is 10.2 Å². The summed E-state index contributed by atoms with van der Waals surface area (Å²) in [7, 11) is 2.07. The van der Waals surface area contributed by atoms with Crippen molar-refractivity contribution >= 4 is 16.5 Å². The fourth-order valence-electron chi connectivity index (χ4n) is 2.07. The predicted octanol–water partition coefficient (Wildman–Crippen LogP) is 2.73. The van der Waals surface area contributed by atoms with Crippen LogP contribution >= 0.6 is 11.3 Å². The lowest BCUT2D eigenvalue weighted by Crippen LogP contribution is -2.16. The third-order valence-electron chi connectivity index (χ3n) is 3.46. The molecule has 0 radical (unpaired) electrons. The molecule has 2 aromatic heterocycles. The first kappa shape index (κ1) is 13.5. The van der Waals surface area contributed by atoms with Crippen molar-refractivity contribution in [3.05, 3.63) is 40.7 Å². The van der Waals surface area contributed by atoms with Crippen molar-refractivity contribution in [2.24, 2.45) is 0 Å². The summed E-state index contributed by atoms with van der Waals surface area (Å²) < 4.78 is 0. The molecule has 0 unspecified atom stereocenters. The summed E-state index contributed by atoms with van der Waals surface area (Å²) in [6.45, 7) is 3.84. The molecule has 0 spiro atoms. The molecule has 2 aromatic rings. The number of aryl methyl sites for hydroxylation is 1. The fraction of sp³-hybridized carbons (Fsp3) is 0.467. The predicted molar refractivity (Wildman–Crippen MR) is 83.1 cm³/mol. The highest BCUT2D eigenvalue weighted by molar-refractivity contribution is 7.15. The van der Waals surface area contributed by atoms with E-state index in [1.54, 1.807) is 11.3 Å². The van der Waals surface area contributed by atoms with Crippen LogP contribution in [0.2, 0.25) is 0 Å². The Balaban J connectivity index is 1.64. The van der Waals surface area contributed by atoms with Crippen molar-refractivity contribution in [2.45, 2.75) is 38.9 Å². The summed E-state index contributed by atoms with van der Waals surface area (Å²) in [5.41, 5.74) is 2.21. The number of nitrogens with one attached hydrogen (secondary N) is 1. The summed E-state index contributed by atoms with van der Waals surface area (Å²) >= 11 is 1.78. The van der Waals surface area contributed by atoms with Gasteiger partial charge in [-0.25, -0.2) is 4.98 Å². The molecule has 2 heterocycles. The van der Waals surface area contributed by atoms with Gasteiger partial charge in [0.2, 0.25) is 0 Å². The first-order valence-corrected chi connectivity index (χ1v) is 7.85. The first-order chi connectivity index (χ1) is 9.72. The van der Waals surface area contributed by atoms with E-state index < -0.39 is 0 Å². The van der Waals surface area contributed by atoms with Crippen molar-refractivity contribution in [2.75, 3.05) is 11.9 Å². The Morgan fingerprint density at radius 1 is 1.40 bits per heavy atom. The van der Waals surface area contributed by atoms with Gasteiger partial charge in [0.15, 0.2) is 5.13 Å². The SMILES string of the molecule is Cc1nc(N(C)Cc2ccccn2)sc1CNC1CC1. The summed E-state index contributed by atoms with van der Waals surface area (Å²) in [5, 5.41) is 4.63. The molecule has 0 aromatic carbocycles. The zero-order valence-electron chi connectivity index (χ0n) is 12.0. The van der Waals surface area contributed by atoms with E-state index in [-0.39, 0.29) is 0 Å². The monoisotopic (exact) mass is 288 g/mol. The van der Waals surface area contributed by atoms with E-state index in [1.165, 1.54) is 17.7 Å². The van der Waals surface area contributed by atoms with Crippen LogP contribution in [0, 0.1) is 6.92 Å². The normalized spacial score (nSPS) is 14.5. The van der Waals surface area contributed by atoms with E-state index in [1.807, 2.05) is 24.4 Å². The van der Waals surface area contributed by atoms with E-state index in [2.05, 4.69) is 34.2 Å². The molecule has 1 aliphatic rings. The third-order valence-corrected chi connectivity index (χ3v) is 4.73. The van der Waals surface area contributed by atoms with Crippen molar-refractivity contribution in [3.8, 4) is 0 Å². The average molecular weight is 288 g/mol. The van der Waals surface area contributed by atoms with Crippen LogP contribution in [0.1, 0.15) is 29.1 Å². The lowest BCUT2D eigenvalue weighted by molar-refractivity contribution is 0.691. The lowest BCUT2D eigenvalue weighted by atomic mass is 10.3. The van der Waals surface area contributed by atoms with Crippen LogP contribution in [-0.2, 0) is 13.1 Å². The highest BCUT2D eigenvalue weighted by atomic mass is 32.1. The average Bonchev–Trinajstić information content (AvgIpc) is 3.20. The Bertz CT molecular complexity index is 563. The van der Waals surface area contributed by atoms with Crippen LogP contribution in [0.25, 0.3) is 0 Å². The van der Waals surface area contributed by atoms with Gasteiger partial charge in [-0.05, 0) is 31.9 Å². The minimum Gasteiger partial charge on any atom is -0.345 e. The maximum absolute atomic E-state index is 4.68. The highest BCUT2D eigenvalue weighted by Gasteiger charge is 2.21. The number of pyridine rings is 1. The molecule has 4 nitrogen and oxygen atoms in total. The molecule has 1 aliphatic carbocycles. The molecule has 5 heteroatoms. The summed E-state index contributed by atoms with van der Waals surface area (Å²) in [6, 6.07) is 6.76. The number of aromatic nitrogens is 2. The van der Waals surface area contributed by atoms with Gasteiger partial charge in [-0.3, -0.25) is 4.98 Å². The lowest BCUT2D eigenvalue weighted by Gasteiger charge is -2.14. The van der Waals surface area contributed by atoms with E-state index in [0.29, 0.717) is 0 Å². The van der Waals surface area contributed by atoms with Gasteiger partial charge in [0, 0.05) is 30.7 Å². The first-order valence-electron chi connectivity index (χ1n) is 7.03. The second-order valence-corrected chi connectivity index (χ2v) is 6.40. The van der Waals surface area contributed by atoms with Crippen LogP contribution in [-0.4, -0.2) is 23.1 Å². The number of rotatable bonds is 6. The molecule has 106 valence electrons. The Labute approximate surface area is 123 Å². The maximum Gasteiger partial charge on any atom is 0.185 e. The van der Waals surface area contributed by atoms with Crippen LogP contribution in [0.3, 0.4) is 0 Å².